The molecule has 0 saturated heterocycles. The quantitative estimate of drug-likeness (QED) is 0.508. The van der Waals surface area contributed by atoms with E-state index in [4.69, 9.17) is 4.98 Å². The number of carbonyl (C=O) groups is 2. The Kier molecular flexibility index (Phi) is 6.64. The molecule has 152 valence electrons. The zero-order valence-electron chi connectivity index (χ0n) is 17.3. The summed E-state index contributed by atoms with van der Waals surface area (Å²) in [6.45, 7) is 8.03. The highest BCUT2D eigenvalue weighted by Gasteiger charge is 2.13. The molecule has 1 heterocycles. The van der Waals surface area contributed by atoms with E-state index in [2.05, 4.69) is 10.6 Å². The first-order chi connectivity index (χ1) is 13.8. The van der Waals surface area contributed by atoms with E-state index in [0.29, 0.717) is 24.2 Å². The summed E-state index contributed by atoms with van der Waals surface area (Å²) in [6, 6.07) is 13.6. The van der Waals surface area contributed by atoms with E-state index in [1.807, 2.05) is 64.1 Å². The van der Waals surface area contributed by atoms with Crippen molar-refractivity contribution in [1.82, 2.24) is 4.98 Å². The second-order valence-corrected chi connectivity index (χ2v) is 9.11. The molecule has 3 rings (SSSR count). The Bertz CT molecular complexity index is 949. The Morgan fingerprint density at radius 3 is 1.97 bits per heavy atom. The van der Waals surface area contributed by atoms with E-state index in [-0.39, 0.29) is 23.7 Å². The fourth-order valence-electron chi connectivity index (χ4n) is 3.06. The molecule has 1 aromatic heterocycles. The normalized spacial score (nSPS) is 11.2. The lowest BCUT2D eigenvalue weighted by atomic mass is 10.1. The SMILES string of the molecule is CC(C)CC(=O)Nc1cc(NC(=O)CC(C)C)cc(-c2nc3ccccc3s2)c1. The summed E-state index contributed by atoms with van der Waals surface area (Å²) in [5.74, 6) is 0.460. The maximum absolute atomic E-state index is 12.3. The number of para-hydroxylation sites is 1. The largest absolute Gasteiger partial charge is 0.326 e. The molecule has 2 N–H and O–H groups in total. The van der Waals surface area contributed by atoms with Crippen LogP contribution in [0.3, 0.4) is 0 Å². The third kappa shape index (κ3) is 5.87. The van der Waals surface area contributed by atoms with Crippen LogP contribution < -0.4 is 10.6 Å². The molecule has 0 aliphatic heterocycles. The molecule has 0 atom stereocenters. The number of anilines is 2. The van der Waals surface area contributed by atoms with Gasteiger partial charge in [0.2, 0.25) is 11.8 Å². The zero-order valence-corrected chi connectivity index (χ0v) is 18.1. The van der Waals surface area contributed by atoms with Crippen LogP contribution in [-0.4, -0.2) is 16.8 Å². The monoisotopic (exact) mass is 409 g/mol. The summed E-state index contributed by atoms with van der Waals surface area (Å²) in [6.07, 6.45) is 0.890. The van der Waals surface area contributed by atoms with Crippen molar-refractivity contribution in [2.24, 2.45) is 11.8 Å². The minimum Gasteiger partial charge on any atom is -0.326 e. The van der Waals surface area contributed by atoms with Crippen LogP contribution in [0.15, 0.2) is 42.5 Å². The molecule has 0 spiro atoms. The van der Waals surface area contributed by atoms with Gasteiger partial charge in [0.05, 0.1) is 10.2 Å². The molecule has 3 aromatic rings. The Labute approximate surface area is 175 Å². The molecule has 2 aromatic carbocycles. The van der Waals surface area contributed by atoms with E-state index in [0.717, 1.165) is 20.8 Å². The highest BCUT2D eigenvalue weighted by atomic mass is 32.1. The number of hydrogen-bond acceptors (Lipinski definition) is 4. The van der Waals surface area contributed by atoms with Gasteiger partial charge in [-0.1, -0.05) is 39.8 Å². The molecule has 0 aliphatic carbocycles. The lowest BCUT2D eigenvalue weighted by molar-refractivity contribution is -0.117. The van der Waals surface area contributed by atoms with Gasteiger partial charge < -0.3 is 10.6 Å². The summed E-state index contributed by atoms with van der Waals surface area (Å²) in [5, 5.41) is 6.77. The Morgan fingerprint density at radius 1 is 0.897 bits per heavy atom. The molecular weight excluding hydrogens is 382 g/mol. The first-order valence-electron chi connectivity index (χ1n) is 9.91. The molecule has 0 unspecified atom stereocenters. The van der Waals surface area contributed by atoms with E-state index in [9.17, 15) is 9.59 Å². The van der Waals surface area contributed by atoms with Crippen LogP contribution in [0.5, 0.6) is 0 Å². The van der Waals surface area contributed by atoms with Crippen molar-refractivity contribution in [3.8, 4) is 10.6 Å². The fourth-order valence-corrected chi connectivity index (χ4v) is 4.01. The summed E-state index contributed by atoms with van der Waals surface area (Å²) >= 11 is 1.59. The highest BCUT2D eigenvalue weighted by Crippen LogP contribution is 2.33. The third-order valence-corrected chi connectivity index (χ3v) is 5.31. The van der Waals surface area contributed by atoms with Crippen LogP contribution in [0.2, 0.25) is 0 Å². The van der Waals surface area contributed by atoms with Crippen molar-refractivity contribution >= 4 is 44.7 Å². The van der Waals surface area contributed by atoms with Gasteiger partial charge >= 0.3 is 0 Å². The number of fused-ring (bicyclic) bond motifs is 1. The molecule has 0 bridgehead atoms. The second-order valence-electron chi connectivity index (χ2n) is 8.08. The third-order valence-electron chi connectivity index (χ3n) is 4.23. The predicted molar refractivity (Wildman–Crippen MR) is 121 cm³/mol. The molecule has 0 fully saturated rings. The molecule has 29 heavy (non-hydrogen) atoms. The number of thiazole rings is 1. The Hall–Kier alpha value is -2.73. The average Bonchev–Trinajstić information content (AvgIpc) is 3.04. The van der Waals surface area contributed by atoms with Crippen LogP contribution in [-0.2, 0) is 9.59 Å². The van der Waals surface area contributed by atoms with E-state index in [1.54, 1.807) is 17.4 Å². The fraction of sp³-hybridized carbons (Fsp3) is 0.348. The van der Waals surface area contributed by atoms with Gasteiger partial charge in [0.1, 0.15) is 5.01 Å². The first kappa shape index (κ1) is 21.0. The first-order valence-corrected chi connectivity index (χ1v) is 10.7. The number of nitrogens with zero attached hydrogens (tertiary/aromatic N) is 1. The van der Waals surface area contributed by atoms with Gasteiger partial charge in [0.25, 0.3) is 0 Å². The highest BCUT2D eigenvalue weighted by molar-refractivity contribution is 7.21. The minimum atomic E-state index is -0.0408. The van der Waals surface area contributed by atoms with Crippen molar-refractivity contribution < 1.29 is 9.59 Å². The summed E-state index contributed by atoms with van der Waals surface area (Å²) in [7, 11) is 0. The summed E-state index contributed by atoms with van der Waals surface area (Å²) in [4.78, 5) is 29.3. The van der Waals surface area contributed by atoms with Gasteiger partial charge in [-0.25, -0.2) is 4.98 Å². The van der Waals surface area contributed by atoms with Crippen LogP contribution in [0.4, 0.5) is 11.4 Å². The molecule has 2 amide bonds. The van der Waals surface area contributed by atoms with Gasteiger partial charge in [-0.2, -0.15) is 0 Å². The van der Waals surface area contributed by atoms with Crippen molar-refractivity contribution in [3.63, 3.8) is 0 Å². The number of carbonyl (C=O) groups excluding carboxylic acids is 2. The summed E-state index contributed by atoms with van der Waals surface area (Å²) in [5.41, 5.74) is 3.13. The van der Waals surface area contributed by atoms with Crippen LogP contribution in [0.1, 0.15) is 40.5 Å². The summed E-state index contributed by atoms with van der Waals surface area (Å²) < 4.78 is 1.10. The van der Waals surface area contributed by atoms with E-state index >= 15 is 0 Å². The molecule has 0 saturated carbocycles. The van der Waals surface area contributed by atoms with Gasteiger partial charge in [-0.15, -0.1) is 11.3 Å². The number of hydrogen-bond donors (Lipinski definition) is 2. The number of nitrogens with one attached hydrogen (secondary N) is 2. The number of rotatable bonds is 7. The smallest absolute Gasteiger partial charge is 0.224 e. The number of aromatic nitrogens is 1. The molecule has 6 heteroatoms. The number of benzene rings is 2. The lowest BCUT2D eigenvalue weighted by Gasteiger charge is -2.13. The van der Waals surface area contributed by atoms with Gasteiger partial charge in [-0.3, -0.25) is 9.59 Å². The Balaban J connectivity index is 1.95. The molecule has 5 nitrogen and oxygen atoms in total. The van der Waals surface area contributed by atoms with Crippen LogP contribution >= 0.6 is 11.3 Å². The van der Waals surface area contributed by atoms with Gasteiger partial charge in [0.15, 0.2) is 0 Å². The van der Waals surface area contributed by atoms with E-state index in [1.165, 1.54) is 0 Å². The predicted octanol–water partition coefficient (Wildman–Crippen LogP) is 5.93. The van der Waals surface area contributed by atoms with Gasteiger partial charge in [0, 0.05) is 29.8 Å². The lowest BCUT2D eigenvalue weighted by Crippen LogP contribution is -2.16. The minimum absolute atomic E-state index is 0.0408. The van der Waals surface area contributed by atoms with Crippen molar-refractivity contribution in [2.45, 2.75) is 40.5 Å². The van der Waals surface area contributed by atoms with Crippen LogP contribution in [0, 0.1) is 11.8 Å². The molecular formula is C23H27N3O2S. The van der Waals surface area contributed by atoms with E-state index < -0.39 is 0 Å². The zero-order chi connectivity index (χ0) is 21.0. The van der Waals surface area contributed by atoms with Crippen molar-refractivity contribution in [3.05, 3.63) is 42.5 Å². The average molecular weight is 410 g/mol. The van der Waals surface area contributed by atoms with Crippen molar-refractivity contribution in [1.29, 1.82) is 0 Å². The standard InChI is InChI=1S/C23H27N3O2S/c1-14(2)9-21(27)24-17-11-16(12-18(13-17)25-22(28)10-15(3)4)23-26-19-7-5-6-8-20(19)29-23/h5-8,11-15H,9-10H2,1-4H3,(H,24,27)(H,25,28). The Morgan fingerprint density at radius 2 is 1.45 bits per heavy atom. The van der Waals surface area contributed by atoms with Crippen LogP contribution in [0.25, 0.3) is 20.8 Å². The number of amides is 2. The second kappa shape index (κ2) is 9.18. The maximum Gasteiger partial charge on any atom is 0.224 e. The van der Waals surface area contributed by atoms with Crippen molar-refractivity contribution in [2.75, 3.05) is 10.6 Å². The maximum atomic E-state index is 12.3. The molecule has 0 aliphatic rings. The van der Waals surface area contributed by atoms with Gasteiger partial charge in [-0.05, 0) is 42.2 Å². The molecule has 0 radical (unpaired) electrons. The topological polar surface area (TPSA) is 71.1 Å².